The number of esters is 1. The Bertz CT molecular complexity index is 845. The molecule has 2 aromatic rings. The van der Waals surface area contributed by atoms with Crippen LogP contribution in [0, 0.1) is 0 Å². The lowest BCUT2D eigenvalue weighted by molar-refractivity contribution is -0.134. The summed E-state index contributed by atoms with van der Waals surface area (Å²) in [5, 5.41) is 5.41. The topological polar surface area (TPSA) is 87.7 Å². The van der Waals surface area contributed by atoms with Crippen LogP contribution in [0.3, 0.4) is 0 Å². The Morgan fingerprint density at radius 3 is 1.97 bits per heavy atom. The van der Waals surface area contributed by atoms with Gasteiger partial charge in [0.15, 0.2) is 6.61 Å². The van der Waals surface area contributed by atoms with Crippen LogP contribution in [0.5, 0.6) is 0 Å². The predicted octanol–water partition coefficient (Wildman–Crippen LogP) is 4.28. The quantitative estimate of drug-likeness (QED) is 0.722. The second-order valence-electron chi connectivity index (χ2n) is 7.25. The number of nitrogens with zero attached hydrogens (tertiary/aromatic N) is 1. The fourth-order valence-corrected chi connectivity index (χ4v) is 3.30. The number of anilines is 2. The SMILES string of the molecule is O=C(Nc1ccccc1)Nc1ccc(C(=O)OCC(=O)N2CCCCCCC2)cc1. The minimum absolute atomic E-state index is 0.152. The fraction of sp³-hybridized carbons (Fsp3) is 0.348. The zero-order chi connectivity index (χ0) is 21.2. The van der Waals surface area contributed by atoms with Gasteiger partial charge in [-0.1, -0.05) is 37.5 Å². The van der Waals surface area contributed by atoms with Gasteiger partial charge in [0.2, 0.25) is 0 Å². The molecule has 1 saturated heterocycles. The van der Waals surface area contributed by atoms with Gasteiger partial charge in [0.25, 0.3) is 5.91 Å². The van der Waals surface area contributed by atoms with Gasteiger partial charge in [0.05, 0.1) is 5.56 Å². The molecule has 0 unspecified atom stereocenters. The van der Waals surface area contributed by atoms with E-state index in [1.54, 1.807) is 41.3 Å². The van der Waals surface area contributed by atoms with Crippen molar-refractivity contribution in [3.63, 3.8) is 0 Å². The van der Waals surface area contributed by atoms with Gasteiger partial charge in [-0.3, -0.25) is 4.79 Å². The number of carbonyl (C=O) groups excluding carboxylic acids is 3. The number of benzene rings is 2. The van der Waals surface area contributed by atoms with E-state index >= 15 is 0 Å². The highest BCUT2D eigenvalue weighted by molar-refractivity contribution is 6.00. The summed E-state index contributed by atoms with van der Waals surface area (Å²) >= 11 is 0. The zero-order valence-electron chi connectivity index (χ0n) is 16.9. The third kappa shape index (κ3) is 6.62. The molecule has 2 aromatic carbocycles. The summed E-state index contributed by atoms with van der Waals surface area (Å²) in [6.45, 7) is 1.20. The van der Waals surface area contributed by atoms with Crippen molar-refractivity contribution in [1.29, 1.82) is 0 Å². The normalized spacial score (nSPS) is 14.2. The zero-order valence-corrected chi connectivity index (χ0v) is 16.9. The number of carbonyl (C=O) groups is 3. The highest BCUT2D eigenvalue weighted by Gasteiger charge is 2.17. The van der Waals surface area contributed by atoms with E-state index < -0.39 is 5.97 Å². The minimum Gasteiger partial charge on any atom is -0.452 e. The van der Waals surface area contributed by atoms with E-state index in [1.165, 1.54) is 6.42 Å². The number of ether oxygens (including phenoxy) is 1. The van der Waals surface area contributed by atoms with Crippen LogP contribution in [0.15, 0.2) is 54.6 Å². The number of hydrogen-bond donors (Lipinski definition) is 2. The van der Waals surface area contributed by atoms with Gasteiger partial charge in [-0.05, 0) is 49.2 Å². The Labute approximate surface area is 176 Å². The third-order valence-electron chi connectivity index (χ3n) is 4.95. The molecule has 1 fully saturated rings. The predicted molar refractivity (Wildman–Crippen MR) is 115 cm³/mol. The average Bonchev–Trinajstić information content (AvgIpc) is 2.73. The Kier molecular flexibility index (Phi) is 7.83. The maximum absolute atomic E-state index is 12.3. The average molecular weight is 409 g/mol. The summed E-state index contributed by atoms with van der Waals surface area (Å²) in [5.41, 5.74) is 1.54. The number of rotatable bonds is 5. The Morgan fingerprint density at radius 1 is 0.767 bits per heavy atom. The van der Waals surface area contributed by atoms with E-state index in [2.05, 4.69) is 10.6 Å². The van der Waals surface area contributed by atoms with Crippen molar-refractivity contribution < 1.29 is 19.1 Å². The Balaban J connectivity index is 1.46. The molecule has 1 aliphatic rings. The number of hydrogen-bond acceptors (Lipinski definition) is 4. The molecule has 0 saturated carbocycles. The van der Waals surface area contributed by atoms with Crippen molar-refractivity contribution in [3.8, 4) is 0 Å². The number of amides is 3. The fourth-order valence-electron chi connectivity index (χ4n) is 3.30. The molecular formula is C23H27N3O4. The van der Waals surface area contributed by atoms with E-state index in [-0.39, 0.29) is 18.5 Å². The molecule has 7 nitrogen and oxygen atoms in total. The molecule has 0 aromatic heterocycles. The van der Waals surface area contributed by atoms with Gasteiger partial charge >= 0.3 is 12.0 Å². The molecule has 3 amide bonds. The van der Waals surface area contributed by atoms with Crippen LogP contribution in [-0.2, 0) is 9.53 Å². The molecule has 0 bridgehead atoms. The molecular weight excluding hydrogens is 382 g/mol. The van der Waals surface area contributed by atoms with Crippen LogP contribution in [-0.4, -0.2) is 42.5 Å². The van der Waals surface area contributed by atoms with E-state index in [9.17, 15) is 14.4 Å². The number of para-hydroxylation sites is 1. The summed E-state index contributed by atoms with van der Waals surface area (Å²) in [7, 11) is 0. The summed E-state index contributed by atoms with van der Waals surface area (Å²) in [6, 6.07) is 15.0. The third-order valence-corrected chi connectivity index (χ3v) is 4.95. The lowest BCUT2D eigenvalue weighted by atomic mass is 10.1. The minimum atomic E-state index is -0.560. The molecule has 158 valence electrons. The second kappa shape index (κ2) is 11.0. The van der Waals surface area contributed by atoms with Crippen molar-refractivity contribution in [2.45, 2.75) is 32.1 Å². The van der Waals surface area contributed by atoms with Gasteiger partial charge in [-0.15, -0.1) is 0 Å². The Morgan fingerprint density at radius 2 is 1.33 bits per heavy atom. The highest BCUT2D eigenvalue weighted by Crippen LogP contribution is 2.13. The van der Waals surface area contributed by atoms with E-state index in [4.69, 9.17) is 4.74 Å². The maximum Gasteiger partial charge on any atom is 0.338 e. The number of likely N-dealkylation sites (tertiary alicyclic amines) is 1. The lowest BCUT2D eigenvalue weighted by Crippen LogP contribution is -2.36. The molecule has 1 aliphatic heterocycles. The molecule has 30 heavy (non-hydrogen) atoms. The van der Waals surface area contributed by atoms with Crippen LogP contribution in [0.2, 0.25) is 0 Å². The summed E-state index contributed by atoms with van der Waals surface area (Å²) in [5.74, 6) is -0.711. The first kappa shape index (κ1) is 21.4. The van der Waals surface area contributed by atoms with E-state index in [0.29, 0.717) is 16.9 Å². The first-order chi connectivity index (χ1) is 14.6. The first-order valence-corrected chi connectivity index (χ1v) is 10.3. The molecule has 3 rings (SSSR count). The highest BCUT2D eigenvalue weighted by atomic mass is 16.5. The van der Waals surface area contributed by atoms with Crippen molar-refractivity contribution in [1.82, 2.24) is 4.90 Å². The largest absolute Gasteiger partial charge is 0.452 e. The first-order valence-electron chi connectivity index (χ1n) is 10.3. The lowest BCUT2D eigenvalue weighted by Gasteiger charge is -2.24. The van der Waals surface area contributed by atoms with Crippen molar-refractivity contribution >= 4 is 29.3 Å². The molecule has 0 spiro atoms. The monoisotopic (exact) mass is 409 g/mol. The van der Waals surface area contributed by atoms with E-state index in [1.807, 2.05) is 18.2 Å². The van der Waals surface area contributed by atoms with Crippen LogP contribution in [0.25, 0.3) is 0 Å². The smallest absolute Gasteiger partial charge is 0.338 e. The van der Waals surface area contributed by atoms with Crippen LogP contribution in [0.1, 0.15) is 42.5 Å². The standard InChI is InChI=1S/C23H27N3O4/c27-21(26-15-7-2-1-3-8-16-26)17-30-22(28)18-11-13-20(14-12-18)25-23(29)24-19-9-5-4-6-10-19/h4-6,9-14H,1-3,7-8,15-17H2,(H2,24,25,29). The van der Waals surface area contributed by atoms with Gasteiger partial charge < -0.3 is 20.3 Å². The number of urea groups is 1. The number of nitrogens with one attached hydrogen (secondary N) is 2. The molecule has 0 aliphatic carbocycles. The summed E-state index contributed by atoms with van der Waals surface area (Å²) in [4.78, 5) is 38.4. The molecule has 1 heterocycles. The Hall–Kier alpha value is -3.35. The van der Waals surface area contributed by atoms with Crippen LogP contribution < -0.4 is 10.6 Å². The second-order valence-corrected chi connectivity index (χ2v) is 7.25. The molecule has 0 radical (unpaired) electrons. The molecule has 0 atom stereocenters. The van der Waals surface area contributed by atoms with Crippen LogP contribution >= 0.6 is 0 Å². The van der Waals surface area contributed by atoms with Gasteiger partial charge in [0, 0.05) is 24.5 Å². The van der Waals surface area contributed by atoms with Crippen molar-refractivity contribution in [3.05, 3.63) is 60.2 Å². The van der Waals surface area contributed by atoms with Gasteiger partial charge in [-0.25, -0.2) is 9.59 Å². The maximum atomic E-state index is 12.3. The summed E-state index contributed by atoms with van der Waals surface area (Å²) < 4.78 is 5.19. The molecule has 2 N–H and O–H groups in total. The summed E-state index contributed by atoms with van der Waals surface area (Å²) in [6.07, 6.45) is 5.47. The van der Waals surface area contributed by atoms with Gasteiger partial charge in [0.1, 0.15) is 0 Å². The van der Waals surface area contributed by atoms with E-state index in [0.717, 1.165) is 38.8 Å². The molecule has 7 heteroatoms. The van der Waals surface area contributed by atoms with Crippen LogP contribution in [0.4, 0.5) is 16.2 Å². The van der Waals surface area contributed by atoms with Crippen molar-refractivity contribution in [2.75, 3.05) is 30.3 Å². The van der Waals surface area contributed by atoms with Gasteiger partial charge in [-0.2, -0.15) is 0 Å². The van der Waals surface area contributed by atoms with Crippen molar-refractivity contribution in [2.24, 2.45) is 0 Å².